The third-order valence-electron chi connectivity index (χ3n) is 24.0. The van der Waals surface area contributed by atoms with Crippen LogP contribution in [0.1, 0.15) is 163 Å². The summed E-state index contributed by atoms with van der Waals surface area (Å²) in [5, 5.41) is 161. The van der Waals surface area contributed by atoms with Gasteiger partial charge in [-0.05, 0) is 134 Å². The molecule has 4 heterocycles. The van der Waals surface area contributed by atoms with Crippen LogP contribution in [0.2, 0.25) is 0 Å². The Bertz CT molecular complexity index is 4600. The number of ether oxygens (including phenoxy) is 4. The number of aliphatic carboxylic acids is 3. The van der Waals surface area contributed by atoms with Crippen molar-refractivity contribution in [1.82, 2.24) is 90.0 Å². The van der Waals surface area contributed by atoms with Crippen LogP contribution in [0.4, 0.5) is 0 Å². The topological polar surface area (TPSA) is 912 Å². The van der Waals surface area contributed by atoms with E-state index in [4.69, 9.17) is 36.1 Å². The number of phenolic OH excluding ortho intramolecular Hbond substituents is 1. The number of carboxylic acid groups (broad SMARTS) is 3. The molecule has 0 aliphatic carbocycles. The van der Waals surface area contributed by atoms with Crippen LogP contribution in [0.25, 0.3) is 0 Å². The Kier molecular flexibility index (Phi) is 51.6. The fourth-order valence-electron chi connectivity index (χ4n) is 15.8. The molecule has 1 aromatic rings. The first-order valence-electron chi connectivity index (χ1n) is 47.4. The van der Waals surface area contributed by atoms with Crippen LogP contribution in [0, 0.1) is 11.8 Å². The molecule has 0 bridgehead atoms. The number of primary amides is 1. The van der Waals surface area contributed by atoms with Crippen LogP contribution in [-0.4, -0.2) is 402 Å². The predicted octanol–water partition coefficient (Wildman–Crippen LogP) is -13.5. The van der Waals surface area contributed by atoms with E-state index in [1.165, 1.54) is 29.2 Å². The number of nitrogens with two attached hydrogens (primary N) is 3. The monoisotopic (exact) mass is 2070 g/mol. The maximum Gasteiger partial charge on any atom is 0.326 e. The number of hydrogen-bond acceptors (Lipinski definition) is 36. The van der Waals surface area contributed by atoms with E-state index in [9.17, 15) is 148 Å². The number of carboxylic acids is 3. The Morgan fingerprint density at radius 1 is 0.517 bits per heavy atom. The van der Waals surface area contributed by atoms with Crippen LogP contribution in [0.3, 0.4) is 0 Å². The van der Waals surface area contributed by atoms with E-state index in [1.807, 2.05) is 5.32 Å². The highest BCUT2D eigenvalue weighted by molar-refractivity contribution is 6.02. The molecule has 4 aliphatic rings. The number of nitrogens with one attached hydrogen (secondary N) is 16. The van der Waals surface area contributed by atoms with Crippen molar-refractivity contribution in [2.75, 3.05) is 59.2 Å². The maximum absolute atomic E-state index is 15.5. The zero-order valence-electron chi connectivity index (χ0n) is 81.2. The van der Waals surface area contributed by atoms with E-state index in [-0.39, 0.29) is 108 Å². The summed E-state index contributed by atoms with van der Waals surface area (Å²) < 4.78 is 23.8. The van der Waals surface area contributed by atoms with E-state index in [2.05, 4.69) is 79.8 Å². The normalized spacial score (nSPS) is 22.6. The SMILES string of the molecule is CC[C@H](C)[C@H](NC(=O)[C@H](Cc1ccc(O)cc1)NC(=O)[C@@H]1CCCN1C(=O)[C@H](CCCCN)NC(=O)[C@H](CCCCN)NC(=O)[C@@H](NC(=O)C(C)NC(=O)[C@H](CC(N)=O)NC(=O)[C@H](CO)NC(=O)CNC(=O)CNC(=O)[C@H](CCC(=O)O)NC(=O)[C@H](CCC(=O)O)NC(=O)[C@H](CO)NC(=O)[C@@H]1CCC(=O)N1)[C@@H](C)O[C@H]1O[C@H](CO)[C@H](O)[C@H](O[C@@H]2O[C@H](CO)[C@H](O)[C@H](O)[C@H]2O)C1NC(C)=O)C(=O)N[C@@H](CC(C)C)C(=O)O. The number of aliphatic hydroxyl groups excluding tert-OH is 8. The van der Waals surface area contributed by atoms with Crippen LogP contribution in [-0.2, 0) is 126 Å². The highest BCUT2D eigenvalue weighted by Crippen LogP contribution is 2.32. The molecule has 4 aliphatic heterocycles. The lowest BCUT2D eigenvalue weighted by Crippen LogP contribution is -2.69. The van der Waals surface area contributed by atoms with Crippen LogP contribution >= 0.6 is 0 Å². The molecule has 26 atom stereocenters. The molecule has 4 saturated heterocycles. The molecule has 18 amide bonds. The van der Waals surface area contributed by atoms with Crippen molar-refractivity contribution in [2.45, 2.75) is 316 Å². The number of carbonyl (C=O) groups is 21. The zero-order chi connectivity index (χ0) is 109. The number of nitrogens with zero attached hydrogens (tertiary/aromatic N) is 1. The molecule has 145 heavy (non-hydrogen) atoms. The van der Waals surface area contributed by atoms with Gasteiger partial charge in [-0.2, -0.15) is 0 Å². The number of aliphatic hydroxyl groups is 8. The molecule has 0 saturated carbocycles. The number of likely N-dealkylation sites (tertiary alicyclic amines) is 1. The number of hydrogen-bond donors (Lipinski definition) is 31. The lowest BCUT2D eigenvalue weighted by atomic mass is 9.95. The van der Waals surface area contributed by atoms with Crippen LogP contribution < -0.4 is 102 Å². The third-order valence-corrected chi connectivity index (χ3v) is 24.0. The van der Waals surface area contributed by atoms with Gasteiger partial charge in [0.2, 0.25) is 106 Å². The van der Waals surface area contributed by atoms with Crippen molar-refractivity contribution < 1.29 is 181 Å². The second-order valence-corrected chi connectivity index (χ2v) is 35.9. The molecular formula is C88H140N20O37. The van der Waals surface area contributed by atoms with Crippen molar-refractivity contribution in [2.24, 2.45) is 29.0 Å². The van der Waals surface area contributed by atoms with Gasteiger partial charge >= 0.3 is 17.9 Å². The number of rotatable bonds is 62. The van der Waals surface area contributed by atoms with E-state index >= 15 is 14.4 Å². The summed E-state index contributed by atoms with van der Waals surface area (Å²) in [5.41, 5.74) is 17.8. The average molecular weight is 2070 g/mol. The van der Waals surface area contributed by atoms with Gasteiger partial charge in [-0.15, -0.1) is 0 Å². The molecule has 0 spiro atoms. The fourth-order valence-corrected chi connectivity index (χ4v) is 15.8. The molecule has 1 aromatic carbocycles. The summed E-state index contributed by atoms with van der Waals surface area (Å²) in [6.45, 7) is 3.33. The van der Waals surface area contributed by atoms with E-state index in [1.54, 1.807) is 27.7 Å². The molecule has 2 unspecified atom stereocenters. The predicted molar refractivity (Wildman–Crippen MR) is 495 cm³/mol. The first-order valence-corrected chi connectivity index (χ1v) is 47.4. The molecule has 34 N–H and O–H groups in total. The fraction of sp³-hybridized carbons (Fsp3) is 0.693. The number of phenols is 1. The summed E-state index contributed by atoms with van der Waals surface area (Å²) in [4.78, 5) is 286. The molecular weight excluding hydrogens is 1930 g/mol. The summed E-state index contributed by atoms with van der Waals surface area (Å²) in [7, 11) is 0. The number of carbonyl (C=O) groups excluding carboxylic acids is 18. The largest absolute Gasteiger partial charge is 0.508 e. The van der Waals surface area contributed by atoms with E-state index < -0.39 is 354 Å². The molecule has 57 nitrogen and oxygen atoms in total. The lowest BCUT2D eigenvalue weighted by Gasteiger charge is -2.48. The lowest BCUT2D eigenvalue weighted by molar-refractivity contribution is -0.347. The first kappa shape index (κ1) is 123. The maximum atomic E-state index is 15.5. The number of benzene rings is 1. The Hall–Kier alpha value is -12.7. The van der Waals surface area contributed by atoms with Crippen molar-refractivity contribution in [3.05, 3.63) is 29.8 Å². The molecule has 4 fully saturated rings. The van der Waals surface area contributed by atoms with Gasteiger partial charge in [-0.3, -0.25) is 95.9 Å². The van der Waals surface area contributed by atoms with Crippen molar-refractivity contribution in [3.8, 4) is 5.75 Å². The second-order valence-electron chi connectivity index (χ2n) is 35.9. The highest BCUT2D eigenvalue weighted by Gasteiger charge is 2.54. The van der Waals surface area contributed by atoms with Crippen molar-refractivity contribution in [1.29, 1.82) is 0 Å². The van der Waals surface area contributed by atoms with Gasteiger partial charge < -0.3 is 187 Å². The van der Waals surface area contributed by atoms with Gasteiger partial charge in [-0.1, -0.05) is 46.2 Å². The third kappa shape index (κ3) is 39.3. The summed E-state index contributed by atoms with van der Waals surface area (Å²) in [6, 6.07) is -20.0. The average Bonchev–Trinajstić information content (AvgIpc) is 1.29. The number of unbranched alkanes of at least 4 members (excludes halogenated alkanes) is 2. The van der Waals surface area contributed by atoms with E-state index in [0.717, 1.165) is 20.8 Å². The van der Waals surface area contributed by atoms with Gasteiger partial charge in [0.1, 0.15) is 139 Å². The first-order chi connectivity index (χ1) is 68.4. The Balaban J connectivity index is 1.43. The minimum absolute atomic E-state index is 0.00637. The summed E-state index contributed by atoms with van der Waals surface area (Å²) in [6.07, 6.45) is -23.4. The minimum atomic E-state index is -2.22. The van der Waals surface area contributed by atoms with Crippen molar-refractivity contribution >= 4 is 124 Å². The molecule has 814 valence electrons. The molecule has 5 rings (SSSR count). The Labute approximate surface area is 831 Å². The van der Waals surface area contributed by atoms with Crippen molar-refractivity contribution in [3.63, 3.8) is 0 Å². The number of aromatic hydroxyl groups is 1. The van der Waals surface area contributed by atoms with Gasteiger partial charge in [0, 0.05) is 39.2 Å². The Morgan fingerprint density at radius 2 is 1.01 bits per heavy atom. The highest BCUT2D eigenvalue weighted by atomic mass is 16.7. The minimum Gasteiger partial charge on any atom is -0.508 e. The zero-order valence-corrected chi connectivity index (χ0v) is 81.2. The summed E-state index contributed by atoms with van der Waals surface area (Å²) >= 11 is 0. The second kappa shape index (κ2) is 60.9. The van der Waals surface area contributed by atoms with Gasteiger partial charge in [-0.25, -0.2) is 4.79 Å². The quantitative estimate of drug-likeness (QED) is 0.0269. The molecule has 57 heteroatoms. The van der Waals surface area contributed by atoms with Gasteiger partial charge in [0.25, 0.3) is 0 Å². The Morgan fingerprint density at radius 3 is 1.55 bits per heavy atom. The summed E-state index contributed by atoms with van der Waals surface area (Å²) in [5.74, 6) is -25.2. The molecule has 0 radical (unpaired) electrons. The van der Waals surface area contributed by atoms with Gasteiger partial charge in [0.05, 0.1) is 52.0 Å². The molecule has 0 aromatic heterocycles. The van der Waals surface area contributed by atoms with E-state index in [0.29, 0.717) is 12.0 Å². The van der Waals surface area contributed by atoms with Crippen LogP contribution in [0.15, 0.2) is 24.3 Å². The smallest absolute Gasteiger partial charge is 0.326 e. The standard InChI is InChI=1S/C88H140N20O37/c1-8-40(4)65(83(137)104-53(86(140)141)30-39(2)3)106-79(133)51(31-44-17-19-45(114)20-18-44)103-82(136)56-16-13-29-108(56)85(139)50(15-10-12-28-90)101-75(129)46(14-9-11-27-89)100-84(138)66(42(6)142-87-67(95-43(7)113)72(69(124)58(38-112)143-87)145-88-71(126)70(125)68(123)57(37-111)144-88)107-73(127)41(5)94-78(132)52(32-59(91)115)102-80(134)54(35-109)97-62(118)34-92-61(117)33-93-74(128)47(22-25-63(119)120)98-77(131)49(23-26-64(121)122)99-81(135)55(36-110)105-76(130)48-21-24-60(116)96-48/h17-20,39-42,46-58,65-72,87-88,109-112,114,123-126H,8-16,21-38,89-90H2,1-7H3,(H2,91,115)(H,92,117)(H,93,128)(H,94,132)(H,95,113)(H,96,116)(H,97,118)(H,98,131)(H,99,135)(H,100,138)(H,101,129)(H,102,134)(H,103,136)(H,104,137)(H,105,130)(H,106,133)(H,107,127)(H,119,120)(H,121,122)(H,140,141)/t40-,41?,42+,46-,47-,48-,49-,50-,51-,52-,53-,54-,55-,56-,57+,58+,65-,66-,67?,68-,69-,70-,71+,72+,87-,88-/m0/s1. The number of amides is 18. The van der Waals surface area contributed by atoms with Crippen LogP contribution in [0.5, 0.6) is 5.75 Å². The van der Waals surface area contributed by atoms with Gasteiger partial charge in [0.15, 0.2) is 12.6 Å².